The second-order valence-electron chi connectivity index (χ2n) is 8.11. The fraction of sp³-hybridized carbons (Fsp3) is 0.417. The van der Waals surface area contributed by atoms with Crippen LogP contribution < -0.4 is 14.4 Å². The first-order chi connectivity index (χ1) is 16.3. The van der Waals surface area contributed by atoms with Gasteiger partial charge in [-0.25, -0.2) is 4.79 Å². The van der Waals surface area contributed by atoms with Gasteiger partial charge in [-0.05, 0) is 38.5 Å². The van der Waals surface area contributed by atoms with Gasteiger partial charge in [0.15, 0.2) is 18.1 Å². The van der Waals surface area contributed by atoms with Crippen LogP contribution in [0.5, 0.6) is 11.5 Å². The largest absolute Gasteiger partial charge is 0.486 e. The lowest BCUT2D eigenvalue weighted by Crippen LogP contribution is -2.27. The molecule has 4 rings (SSSR count). The van der Waals surface area contributed by atoms with E-state index >= 15 is 0 Å². The number of aromatic amines is 1. The van der Waals surface area contributed by atoms with Crippen molar-refractivity contribution in [3.63, 3.8) is 0 Å². The van der Waals surface area contributed by atoms with Gasteiger partial charge in [0.25, 0.3) is 0 Å². The van der Waals surface area contributed by atoms with E-state index in [2.05, 4.69) is 4.98 Å². The number of hydrogen-bond donors (Lipinski definition) is 1. The van der Waals surface area contributed by atoms with Crippen molar-refractivity contribution in [1.29, 1.82) is 0 Å². The zero-order valence-corrected chi connectivity index (χ0v) is 19.3. The van der Waals surface area contributed by atoms with E-state index in [1.54, 1.807) is 39.0 Å². The van der Waals surface area contributed by atoms with Gasteiger partial charge in [0.05, 0.1) is 23.8 Å². The molecule has 0 unspecified atom stereocenters. The van der Waals surface area contributed by atoms with E-state index in [1.165, 1.54) is 4.90 Å². The van der Waals surface area contributed by atoms with Crippen molar-refractivity contribution in [2.45, 2.75) is 27.2 Å². The van der Waals surface area contributed by atoms with Crippen molar-refractivity contribution in [1.82, 2.24) is 4.98 Å². The summed E-state index contributed by atoms with van der Waals surface area (Å²) in [4.78, 5) is 54.3. The number of aromatic nitrogens is 1. The highest BCUT2D eigenvalue weighted by Gasteiger charge is 2.37. The third-order valence-corrected chi connectivity index (χ3v) is 5.84. The molecule has 0 spiro atoms. The number of benzene rings is 1. The highest BCUT2D eigenvalue weighted by Crippen LogP contribution is 2.36. The number of H-pyrrole nitrogens is 1. The Kier molecular flexibility index (Phi) is 6.58. The number of carbonyl (C=O) groups excluding carboxylic acids is 4. The number of ketones is 1. The van der Waals surface area contributed by atoms with E-state index in [9.17, 15) is 19.2 Å². The molecule has 1 fully saturated rings. The maximum absolute atomic E-state index is 12.7. The zero-order chi connectivity index (χ0) is 24.4. The molecule has 0 aliphatic carbocycles. The molecule has 180 valence electrons. The lowest BCUT2D eigenvalue weighted by atomic mass is 10.1. The van der Waals surface area contributed by atoms with Gasteiger partial charge in [0.2, 0.25) is 11.7 Å². The van der Waals surface area contributed by atoms with E-state index in [0.717, 1.165) is 0 Å². The Balaban J connectivity index is 1.38. The molecule has 0 bridgehead atoms. The molecule has 0 saturated carbocycles. The number of ether oxygens (including phenoxy) is 4. The molecule has 2 aliphatic rings. The summed E-state index contributed by atoms with van der Waals surface area (Å²) in [5.74, 6) is -1.39. The number of fused-ring (bicyclic) bond motifs is 1. The molecule has 1 N–H and O–H groups in total. The highest BCUT2D eigenvalue weighted by molar-refractivity contribution is 6.03. The number of aryl methyl sites for hydroxylation is 1. The Labute approximate surface area is 196 Å². The molecule has 1 saturated heterocycles. The molecule has 3 heterocycles. The lowest BCUT2D eigenvalue weighted by molar-refractivity contribution is -0.147. The van der Waals surface area contributed by atoms with Gasteiger partial charge in [-0.2, -0.15) is 0 Å². The fourth-order valence-electron chi connectivity index (χ4n) is 4.18. The van der Waals surface area contributed by atoms with Gasteiger partial charge in [-0.1, -0.05) is 0 Å². The molecule has 10 heteroatoms. The SMILES string of the molecule is CCOC(=O)c1c(C)[nH]c(C(=O)COC(=O)[C@H]2CC(=O)N(c3ccc4c(c3)OCCO4)C2)c1C. The molecule has 1 atom stereocenters. The number of esters is 2. The number of nitrogens with one attached hydrogen (secondary N) is 1. The van der Waals surface area contributed by atoms with Gasteiger partial charge < -0.3 is 28.8 Å². The van der Waals surface area contributed by atoms with Crippen molar-refractivity contribution >= 4 is 29.3 Å². The number of nitrogens with zero attached hydrogens (tertiary/aromatic N) is 1. The maximum Gasteiger partial charge on any atom is 0.340 e. The summed E-state index contributed by atoms with van der Waals surface area (Å²) in [7, 11) is 0. The van der Waals surface area contributed by atoms with Gasteiger partial charge in [-0.15, -0.1) is 0 Å². The van der Waals surface area contributed by atoms with Crippen LogP contribution in [0, 0.1) is 19.8 Å². The molecule has 0 radical (unpaired) electrons. The number of amides is 1. The molecule has 34 heavy (non-hydrogen) atoms. The highest BCUT2D eigenvalue weighted by atomic mass is 16.6. The Morgan fingerprint density at radius 1 is 1.12 bits per heavy atom. The van der Waals surface area contributed by atoms with E-state index in [1.807, 2.05) is 0 Å². The lowest BCUT2D eigenvalue weighted by Gasteiger charge is -2.22. The molecular formula is C24H26N2O8. The van der Waals surface area contributed by atoms with E-state index in [4.69, 9.17) is 18.9 Å². The minimum atomic E-state index is -0.699. The second kappa shape index (κ2) is 9.58. The molecular weight excluding hydrogens is 444 g/mol. The third kappa shape index (κ3) is 4.48. The van der Waals surface area contributed by atoms with Gasteiger partial charge in [0, 0.05) is 30.4 Å². The van der Waals surface area contributed by atoms with Crippen LogP contribution in [-0.4, -0.2) is 61.6 Å². The average Bonchev–Trinajstić information content (AvgIpc) is 3.36. The van der Waals surface area contributed by atoms with Crippen molar-refractivity contribution in [2.24, 2.45) is 5.92 Å². The first-order valence-electron chi connectivity index (χ1n) is 11.1. The average molecular weight is 470 g/mol. The first kappa shape index (κ1) is 23.3. The number of carbonyl (C=O) groups is 4. The minimum absolute atomic E-state index is 0.0187. The Bertz CT molecular complexity index is 1150. The summed E-state index contributed by atoms with van der Waals surface area (Å²) in [6.45, 7) is 5.73. The van der Waals surface area contributed by atoms with E-state index < -0.39 is 30.2 Å². The second-order valence-corrected chi connectivity index (χ2v) is 8.11. The van der Waals surface area contributed by atoms with Gasteiger partial charge >= 0.3 is 11.9 Å². The Hall–Kier alpha value is -3.82. The number of anilines is 1. The van der Waals surface area contributed by atoms with Crippen LogP contribution in [0.15, 0.2) is 18.2 Å². The molecule has 10 nitrogen and oxygen atoms in total. The van der Waals surface area contributed by atoms with Crippen LogP contribution >= 0.6 is 0 Å². The molecule has 2 aliphatic heterocycles. The number of hydrogen-bond acceptors (Lipinski definition) is 8. The van der Waals surface area contributed by atoms with Crippen LogP contribution in [0.3, 0.4) is 0 Å². The number of rotatable bonds is 7. The molecule has 1 aromatic heterocycles. The summed E-state index contributed by atoms with van der Waals surface area (Å²) in [5, 5.41) is 0. The van der Waals surface area contributed by atoms with Crippen LogP contribution in [0.4, 0.5) is 5.69 Å². The van der Waals surface area contributed by atoms with Crippen molar-refractivity contribution in [3.05, 3.63) is 40.7 Å². The van der Waals surface area contributed by atoms with E-state index in [-0.39, 0.29) is 31.2 Å². The smallest absolute Gasteiger partial charge is 0.340 e. The summed E-state index contributed by atoms with van der Waals surface area (Å²) in [5.41, 5.74) is 2.03. The molecule has 2 aromatic rings. The normalized spacial score (nSPS) is 17.0. The minimum Gasteiger partial charge on any atom is -0.486 e. The zero-order valence-electron chi connectivity index (χ0n) is 19.3. The monoisotopic (exact) mass is 470 g/mol. The molecule has 1 amide bonds. The predicted molar refractivity (Wildman–Crippen MR) is 119 cm³/mol. The van der Waals surface area contributed by atoms with Crippen molar-refractivity contribution in [3.8, 4) is 11.5 Å². The van der Waals surface area contributed by atoms with Crippen molar-refractivity contribution in [2.75, 3.05) is 37.9 Å². The Morgan fingerprint density at radius 3 is 2.59 bits per heavy atom. The predicted octanol–water partition coefficient (Wildman–Crippen LogP) is 2.36. The molecule has 1 aromatic carbocycles. The van der Waals surface area contributed by atoms with Crippen LogP contribution in [0.2, 0.25) is 0 Å². The van der Waals surface area contributed by atoms with Crippen LogP contribution in [0.25, 0.3) is 0 Å². The van der Waals surface area contributed by atoms with Crippen molar-refractivity contribution < 1.29 is 38.1 Å². The quantitative estimate of drug-likeness (QED) is 0.483. The van der Waals surface area contributed by atoms with Gasteiger partial charge in [-0.3, -0.25) is 14.4 Å². The first-order valence-corrected chi connectivity index (χ1v) is 11.1. The summed E-state index contributed by atoms with van der Waals surface area (Å²) < 4.78 is 21.3. The van der Waals surface area contributed by atoms with Gasteiger partial charge in [0.1, 0.15) is 13.2 Å². The number of Topliss-reactive ketones (excluding diaryl/α,β-unsaturated/α-hetero) is 1. The van der Waals surface area contributed by atoms with Crippen LogP contribution in [-0.2, 0) is 19.1 Å². The summed E-state index contributed by atoms with van der Waals surface area (Å²) in [6.07, 6.45) is -0.0187. The van der Waals surface area contributed by atoms with Crippen LogP contribution in [0.1, 0.15) is 45.4 Å². The Morgan fingerprint density at radius 2 is 1.85 bits per heavy atom. The summed E-state index contributed by atoms with van der Waals surface area (Å²) >= 11 is 0. The standard InChI is InChI=1S/C24H26N2O8/c1-4-31-24(30)21-13(2)22(25-14(21)3)17(27)12-34-23(29)15-9-20(28)26(11-15)16-5-6-18-19(10-16)33-8-7-32-18/h5-6,10,15,25H,4,7-9,11-12H2,1-3H3/t15-/m0/s1. The van der Waals surface area contributed by atoms with E-state index in [0.29, 0.717) is 47.2 Å². The summed E-state index contributed by atoms with van der Waals surface area (Å²) in [6, 6.07) is 5.17. The topological polar surface area (TPSA) is 124 Å². The third-order valence-electron chi connectivity index (χ3n) is 5.84. The maximum atomic E-state index is 12.7. The fourth-order valence-corrected chi connectivity index (χ4v) is 4.18.